The summed E-state index contributed by atoms with van der Waals surface area (Å²) in [6.45, 7) is 3.39. The summed E-state index contributed by atoms with van der Waals surface area (Å²) in [6.07, 6.45) is 6.98. The highest BCUT2D eigenvalue weighted by Crippen LogP contribution is 2.33. The van der Waals surface area contributed by atoms with Gasteiger partial charge in [0.2, 0.25) is 0 Å². The van der Waals surface area contributed by atoms with Crippen LogP contribution >= 0.6 is 0 Å². The first-order chi connectivity index (χ1) is 16.6. The van der Waals surface area contributed by atoms with Gasteiger partial charge in [0, 0.05) is 56.3 Å². The van der Waals surface area contributed by atoms with Crippen LogP contribution in [0.2, 0.25) is 0 Å². The third-order valence-corrected chi connectivity index (χ3v) is 6.96. The molecule has 0 bridgehead atoms. The maximum absolute atomic E-state index is 13.7. The number of phenolic OH excluding ortho intramolecular Hbond substituents is 1. The molecule has 2 aromatic heterocycles. The Morgan fingerprint density at radius 3 is 2.65 bits per heavy atom. The monoisotopic (exact) mass is 452 g/mol. The van der Waals surface area contributed by atoms with Gasteiger partial charge < -0.3 is 9.67 Å². The minimum atomic E-state index is 0.121. The molecule has 0 radical (unpaired) electrons. The van der Waals surface area contributed by atoms with E-state index >= 15 is 0 Å². The van der Waals surface area contributed by atoms with E-state index in [0.717, 1.165) is 49.4 Å². The Bertz CT molecular complexity index is 1370. The van der Waals surface area contributed by atoms with E-state index in [1.54, 1.807) is 18.3 Å². The lowest BCUT2D eigenvalue weighted by Gasteiger charge is -2.31. The molecule has 6 rings (SSSR count). The number of benzene rings is 2. The maximum Gasteiger partial charge on any atom is 0.258 e. The Morgan fingerprint density at radius 1 is 1.03 bits per heavy atom. The summed E-state index contributed by atoms with van der Waals surface area (Å²) in [5, 5.41) is 13.9. The molecule has 2 aliphatic rings. The molecule has 0 unspecified atom stereocenters. The van der Waals surface area contributed by atoms with E-state index in [4.69, 9.17) is 0 Å². The second-order valence-corrected chi connectivity index (χ2v) is 9.52. The first-order valence-corrected chi connectivity index (χ1v) is 12.0. The first-order valence-electron chi connectivity index (χ1n) is 12.0. The number of aromatic hydroxyl groups is 1. The maximum atomic E-state index is 13.7. The highest BCUT2D eigenvalue weighted by Gasteiger charge is 2.27. The van der Waals surface area contributed by atoms with Gasteiger partial charge in [0.05, 0.1) is 5.69 Å². The van der Waals surface area contributed by atoms with Crippen molar-refractivity contribution in [2.75, 3.05) is 6.54 Å². The molecule has 1 saturated carbocycles. The minimum absolute atomic E-state index is 0.121. The highest BCUT2D eigenvalue weighted by atomic mass is 16.3. The fraction of sp³-hybridized carbons (Fsp3) is 0.286. The zero-order valence-electron chi connectivity index (χ0n) is 19.1. The summed E-state index contributed by atoms with van der Waals surface area (Å²) in [5.74, 6) is 0.918. The van der Waals surface area contributed by atoms with Crippen LogP contribution in [0.5, 0.6) is 5.75 Å². The molecular formula is C28H28N4O2. The average Bonchev–Trinajstić information content (AvgIpc) is 3.51. The molecular weight excluding hydrogens is 424 g/mol. The number of fused-ring (bicyclic) bond motifs is 1. The van der Waals surface area contributed by atoms with Crippen molar-refractivity contribution in [1.29, 1.82) is 0 Å². The quantitative estimate of drug-likeness (QED) is 0.472. The lowest BCUT2D eigenvalue weighted by atomic mass is 9.98. The molecule has 6 nitrogen and oxygen atoms in total. The third-order valence-electron chi connectivity index (χ3n) is 6.96. The predicted molar refractivity (Wildman–Crippen MR) is 132 cm³/mol. The standard InChI is InChI=1S/C28H28N4O2/c33-25-9-7-20(8-10-25)17-30-14-11-27-23(19-30)16-26(28(34)31(27)18-21-5-6-21)22-3-1-4-24(15-22)32-13-2-12-29-32/h1-4,7-10,12-13,15-16,21,33H,5-6,11,14,17-19H2. The lowest BCUT2D eigenvalue weighted by Crippen LogP contribution is -2.36. The third kappa shape index (κ3) is 4.17. The second kappa shape index (κ2) is 8.61. The summed E-state index contributed by atoms with van der Waals surface area (Å²) >= 11 is 0. The van der Waals surface area contributed by atoms with Crippen molar-refractivity contribution < 1.29 is 5.11 Å². The van der Waals surface area contributed by atoms with Crippen molar-refractivity contribution in [3.63, 3.8) is 0 Å². The van der Waals surface area contributed by atoms with Gasteiger partial charge in [-0.05, 0) is 71.8 Å². The van der Waals surface area contributed by atoms with Gasteiger partial charge in [0.15, 0.2) is 0 Å². The second-order valence-electron chi connectivity index (χ2n) is 9.52. The Morgan fingerprint density at radius 2 is 1.88 bits per heavy atom. The number of pyridine rings is 1. The zero-order chi connectivity index (χ0) is 23.1. The van der Waals surface area contributed by atoms with Gasteiger partial charge in [-0.25, -0.2) is 4.68 Å². The number of hydrogen-bond donors (Lipinski definition) is 1. The van der Waals surface area contributed by atoms with Crippen LogP contribution in [0.1, 0.15) is 29.7 Å². The van der Waals surface area contributed by atoms with Crippen LogP contribution in [0.3, 0.4) is 0 Å². The molecule has 0 spiro atoms. The summed E-state index contributed by atoms with van der Waals surface area (Å²) in [4.78, 5) is 16.1. The molecule has 6 heteroatoms. The van der Waals surface area contributed by atoms with Gasteiger partial charge >= 0.3 is 0 Å². The van der Waals surface area contributed by atoms with Gasteiger partial charge in [0.25, 0.3) is 5.56 Å². The van der Waals surface area contributed by atoms with Crippen molar-refractivity contribution in [3.8, 4) is 22.6 Å². The number of phenols is 1. The molecule has 0 amide bonds. The van der Waals surface area contributed by atoms with Crippen LogP contribution in [0.25, 0.3) is 16.8 Å². The largest absolute Gasteiger partial charge is 0.508 e. The van der Waals surface area contributed by atoms with E-state index in [1.165, 1.54) is 29.7 Å². The molecule has 1 N–H and O–H groups in total. The normalized spacial score (nSPS) is 15.9. The number of nitrogens with zero attached hydrogens (tertiary/aromatic N) is 4. The summed E-state index contributed by atoms with van der Waals surface area (Å²) in [5.41, 5.74) is 6.38. The molecule has 3 heterocycles. The molecule has 0 atom stereocenters. The Balaban J connectivity index is 1.37. The van der Waals surface area contributed by atoms with Crippen LogP contribution in [0.15, 0.2) is 77.9 Å². The van der Waals surface area contributed by atoms with E-state index in [2.05, 4.69) is 26.7 Å². The Hall–Kier alpha value is -3.64. The molecule has 172 valence electrons. The van der Waals surface area contributed by atoms with Crippen molar-refractivity contribution >= 4 is 0 Å². The Kier molecular flexibility index (Phi) is 5.30. The van der Waals surface area contributed by atoms with Crippen LogP contribution in [0, 0.1) is 5.92 Å². The predicted octanol–water partition coefficient (Wildman–Crippen LogP) is 4.37. The average molecular weight is 453 g/mol. The van der Waals surface area contributed by atoms with Crippen molar-refractivity contribution in [1.82, 2.24) is 19.2 Å². The van der Waals surface area contributed by atoms with Crippen LogP contribution < -0.4 is 5.56 Å². The minimum Gasteiger partial charge on any atom is -0.508 e. The van der Waals surface area contributed by atoms with Crippen molar-refractivity contribution in [2.45, 2.75) is 38.9 Å². The van der Waals surface area contributed by atoms with Gasteiger partial charge in [-0.15, -0.1) is 0 Å². The first kappa shape index (κ1) is 20.9. The van der Waals surface area contributed by atoms with Crippen molar-refractivity contribution in [3.05, 3.63) is 100 Å². The van der Waals surface area contributed by atoms with E-state index in [0.29, 0.717) is 11.7 Å². The molecule has 1 fully saturated rings. The fourth-order valence-electron chi connectivity index (χ4n) is 4.97. The van der Waals surface area contributed by atoms with Gasteiger partial charge in [-0.1, -0.05) is 24.3 Å². The van der Waals surface area contributed by atoms with Crippen LogP contribution in [-0.2, 0) is 26.1 Å². The fourth-order valence-corrected chi connectivity index (χ4v) is 4.97. The van der Waals surface area contributed by atoms with E-state index < -0.39 is 0 Å². The molecule has 1 aliphatic heterocycles. The van der Waals surface area contributed by atoms with Crippen molar-refractivity contribution in [2.24, 2.45) is 5.92 Å². The summed E-state index contributed by atoms with van der Waals surface area (Å²) < 4.78 is 3.89. The summed E-state index contributed by atoms with van der Waals surface area (Å²) in [6, 6.07) is 19.5. The van der Waals surface area contributed by atoms with Gasteiger partial charge in [-0.2, -0.15) is 5.10 Å². The molecule has 0 saturated heterocycles. The van der Waals surface area contributed by atoms with E-state index in [-0.39, 0.29) is 5.56 Å². The number of rotatable bonds is 6. The molecule has 4 aromatic rings. The van der Waals surface area contributed by atoms with Crippen LogP contribution in [-0.4, -0.2) is 30.9 Å². The highest BCUT2D eigenvalue weighted by molar-refractivity contribution is 5.66. The van der Waals surface area contributed by atoms with Gasteiger partial charge in [-0.3, -0.25) is 9.69 Å². The smallest absolute Gasteiger partial charge is 0.258 e. The molecule has 2 aromatic carbocycles. The topological polar surface area (TPSA) is 63.3 Å². The van der Waals surface area contributed by atoms with E-state index in [1.807, 2.05) is 47.3 Å². The lowest BCUT2D eigenvalue weighted by molar-refractivity contribution is 0.239. The summed E-state index contributed by atoms with van der Waals surface area (Å²) in [7, 11) is 0. The van der Waals surface area contributed by atoms with Crippen LogP contribution in [0.4, 0.5) is 0 Å². The zero-order valence-corrected chi connectivity index (χ0v) is 19.1. The van der Waals surface area contributed by atoms with Gasteiger partial charge in [0.1, 0.15) is 5.75 Å². The number of aromatic nitrogens is 3. The molecule has 1 aliphatic carbocycles. The Labute approximate surface area is 198 Å². The number of hydrogen-bond acceptors (Lipinski definition) is 4. The van der Waals surface area contributed by atoms with E-state index in [9.17, 15) is 9.90 Å². The SMILES string of the molecule is O=c1c(-c2cccc(-n3cccn3)c2)cc2c(n1CC1CC1)CCN(Cc1ccc(O)cc1)C2. The molecule has 34 heavy (non-hydrogen) atoms.